The Morgan fingerprint density at radius 3 is 2.54 bits per heavy atom. The Bertz CT molecular complexity index is 1330. The molecule has 0 spiro atoms. The van der Waals surface area contributed by atoms with Crippen LogP contribution in [0.15, 0.2) is 55.0 Å². The summed E-state index contributed by atoms with van der Waals surface area (Å²) in [7, 11) is 0. The van der Waals surface area contributed by atoms with Gasteiger partial charge in [0.2, 0.25) is 0 Å². The molecule has 2 aromatic heterocycles. The fourth-order valence-corrected chi connectivity index (χ4v) is 4.25. The van der Waals surface area contributed by atoms with Crippen LogP contribution in [0.2, 0.25) is 0 Å². The number of aromatic nitrogens is 3. The second kappa shape index (κ2) is 9.69. The number of hydrogen-bond acceptors (Lipinski definition) is 8. The predicted molar refractivity (Wildman–Crippen MR) is 128 cm³/mol. The van der Waals surface area contributed by atoms with Crippen LogP contribution in [0.1, 0.15) is 36.1 Å². The molecule has 0 saturated carbocycles. The van der Waals surface area contributed by atoms with Crippen molar-refractivity contribution >= 4 is 23.2 Å². The smallest absolute Gasteiger partial charge is 0.425 e. The lowest BCUT2D eigenvalue weighted by Crippen LogP contribution is -2.40. The third-order valence-corrected chi connectivity index (χ3v) is 6.23. The number of carbonyl (C=O) groups is 1. The molecular weight excluding hydrogens is 489 g/mol. The topological polar surface area (TPSA) is 115 Å². The summed E-state index contributed by atoms with van der Waals surface area (Å²) in [6, 6.07) is 10.6. The molecule has 1 aromatic carbocycles. The summed E-state index contributed by atoms with van der Waals surface area (Å²) in [4.78, 5) is 26.5. The molecular formula is C25H23F3N6O3. The van der Waals surface area contributed by atoms with Gasteiger partial charge in [0.25, 0.3) is 0 Å². The largest absolute Gasteiger partial charge is 0.437 e. The van der Waals surface area contributed by atoms with Gasteiger partial charge in [0, 0.05) is 54.1 Å². The summed E-state index contributed by atoms with van der Waals surface area (Å²) in [6.45, 7) is 2.54. The minimum atomic E-state index is -4.65. The molecule has 37 heavy (non-hydrogen) atoms. The molecule has 9 nitrogen and oxygen atoms in total. The van der Waals surface area contributed by atoms with Crippen molar-refractivity contribution in [2.75, 3.05) is 18.4 Å². The first-order valence-corrected chi connectivity index (χ1v) is 11.5. The van der Waals surface area contributed by atoms with E-state index in [1.165, 1.54) is 12.3 Å². The lowest BCUT2D eigenvalue weighted by Gasteiger charge is -2.38. The average molecular weight is 512 g/mol. The first-order chi connectivity index (χ1) is 17.7. The highest BCUT2D eigenvalue weighted by Crippen LogP contribution is 2.49. The highest BCUT2D eigenvalue weighted by molar-refractivity contribution is 5.98. The van der Waals surface area contributed by atoms with E-state index in [4.69, 9.17) is 10.5 Å². The summed E-state index contributed by atoms with van der Waals surface area (Å²) in [5, 5.41) is 2.22. The van der Waals surface area contributed by atoms with Gasteiger partial charge in [-0.1, -0.05) is 0 Å². The number of amides is 1. The van der Waals surface area contributed by atoms with Crippen molar-refractivity contribution in [2.45, 2.75) is 31.7 Å². The van der Waals surface area contributed by atoms with Crippen LogP contribution >= 0.6 is 0 Å². The molecule has 1 aliphatic carbocycles. The Kier molecular flexibility index (Phi) is 6.42. The summed E-state index contributed by atoms with van der Waals surface area (Å²) in [5.41, 5.74) is 10.6. The number of nitrogens with zero attached hydrogens (tertiary/aromatic N) is 4. The van der Waals surface area contributed by atoms with Crippen LogP contribution in [0.4, 0.5) is 23.8 Å². The van der Waals surface area contributed by atoms with E-state index in [1.807, 2.05) is 12.1 Å². The van der Waals surface area contributed by atoms with Gasteiger partial charge in [0.15, 0.2) is 6.10 Å². The molecule has 3 N–H and O–H groups in total. The number of halogens is 3. The molecule has 1 aliphatic heterocycles. The second-order valence-electron chi connectivity index (χ2n) is 8.65. The molecule has 0 radical (unpaired) electrons. The van der Waals surface area contributed by atoms with Crippen LogP contribution in [-0.4, -0.2) is 51.3 Å². The summed E-state index contributed by atoms with van der Waals surface area (Å²) in [6.07, 6.45) is -2.36. The van der Waals surface area contributed by atoms with E-state index in [0.717, 1.165) is 48.7 Å². The van der Waals surface area contributed by atoms with Gasteiger partial charge in [0.05, 0.1) is 6.04 Å². The second-order valence-corrected chi connectivity index (χ2v) is 8.65. The number of nitrogens with two attached hydrogens (primary N) is 1. The van der Waals surface area contributed by atoms with Crippen LogP contribution < -0.4 is 15.8 Å². The Hall–Kier alpha value is -4.19. The molecule has 3 heterocycles. The standard InChI is InChI=1S/C25H23F3N6O3/c1-14(25(26,27)28)36-24(35)33-19-7-4-15(13-32-19)20-21(29)17-6-5-16(37-23-30-8-2-9-31-23)12-18(17)22(20)34-10-3-11-34/h2,4-9,12-14,22H,3,10-11,29H2,1H3,(H,32,33,35)/t14-,22?/m1/s1. The number of alkyl halides is 3. The van der Waals surface area contributed by atoms with Crippen LogP contribution in [0.5, 0.6) is 11.8 Å². The summed E-state index contributed by atoms with van der Waals surface area (Å²) < 4.78 is 48.1. The third kappa shape index (κ3) is 5.05. The van der Waals surface area contributed by atoms with Crippen molar-refractivity contribution in [3.05, 3.63) is 71.7 Å². The van der Waals surface area contributed by atoms with Crippen molar-refractivity contribution in [3.63, 3.8) is 0 Å². The van der Waals surface area contributed by atoms with Gasteiger partial charge < -0.3 is 15.2 Å². The number of rotatable bonds is 6. The van der Waals surface area contributed by atoms with Crippen molar-refractivity contribution in [2.24, 2.45) is 5.73 Å². The number of anilines is 1. The number of nitrogens with one attached hydrogen (secondary N) is 1. The molecule has 1 amide bonds. The van der Waals surface area contributed by atoms with E-state index in [9.17, 15) is 18.0 Å². The van der Waals surface area contributed by atoms with Crippen molar-refractivity contribution < 1.29 is 27.4 Å². The van der Waals surface area contributed by atoms with Crippen molar-refractivity contribution in [3.8, 4) is 11.8 Å². The van der Waals surface area contributed by atoms with Gasteiger partial charge in [-0.15, -0.1) is 0 Å². The Labute approximate surface area is 210 Å². The van der Waals surface area contributed by atoms with Gasteiger partial charge in [0.1, 0.15) is 11.6 Å². The maximum Gasteiger partial charge on any atom is 0.425 e. The zero-order valence-corrected chi connectivity index (χ0v) is 19.7. The number of carbonyl (C=O) groups excluding carboxylic acids is 1. The van der Waals surface area contributed by atoms with E-state index >= 15 is 0 Å². The fraction of sp³-hybridized carbons (Fsp3) is 0.280. The number of pyridine rings is 1. The van der Waals surface area contributed by atoms with Gasteiger partial charge in [-0.3, -0.25) is 10.2 Å². The minimum absolute atomic E-state index is 0.0526. The third-order valence-electron chi connectivity index (χ3n) is 6.23. The highest BCUT2D eigenvalue weighted by atomic mass is 19.4. The van der Waals surface area contributed by atoms with E-state index in [-0.39, 0.29) is 17.9 Å². The van der Waals surface area contributed by atoms with E-state index in [1.54, 1.807) is 30.6 Å². The fourth-order valence-electron chi connectivity index (χ4n) is 4.25. The first-order valence-electron chi connectivity index (χ1n) is 11.5. The first kappa shape index (κ1) is 24.5. The monoisotopic (exact) mass is 512 g/mol. The zero-order valence-electron chi connectivity index (χ0n) is 19.7. The molecule has 192 valence electrons. The molecule has 2 aliphatic rings. The molecule has 1 saturated heterocycles. The lowest BCUT2D eigenvalue weighted by molar-refractivity contribution is -0.196. The number of ether oxygens (including phenoxy) is 2. The SMILES string of the molecule is C[C@@H](OC(=O)Nc1ccc(C2=C(N)c3ccc(Oc4ncccn4)cc3C2N2CCC2)cn1)C(F)(F)F. The molecule has 1 unspecified atom stereocenters. The maximum absolute atomic E-state index is 12.6. The number of benzene rings is 1. The number of hydrogen-bond donors (Lipinski definition) is 2. The quantitative estimate of drug-likeness (QED) is 0.486. The average Bonchev–Trinajstić information content (AvgIpc) is 3.10. The molecule has 2 atom stereocenters. The minimum Gasteiger partial charge on any atom is -0.437 e. The summed E-state index contributed by atoms with van der Waals surface area (Å²) >= 11 is 0. The van der Waals surface area contributed by atoms with Crippen LogP contribution in [-0.2, 0) is 4.74 Å². The number of likely N-dealkylation sites (tertiary alicyclic amines) is 1. The maximum atomic E-state index is 12.6. The molecule has 3 aromatic rings. The number of fused-ring (bicyclic) bond motifs is 1. The molecule has 5 rings (SSSR count). The Morgan fingerprint density at radius 1 is 1.16 bits per heavy atom. The summed E-state index contributed by atoms with van der Waals surface area (Å²) in [5.74, 6) is 0.630. The molecule has 12 heteroatoms. The van der Waals surface area contributed by atoms with E-state index in [2.05, 4.69) is 29.9 Å². The van der Waals surface area contributed by atoms with Crippen molar-refractivity contribution in [1.29, 1.82) is 0 Å². The van der Waals surface area contributed by atoms with Crippen LogP contribution in [0.25, 0.3) is 11.3 Å². The Morgan fingerprint density at radius 2 is 1.92 bits per heavy atom. The molecule has 1 fully saturated rings. The van der Waals surface area contributed by atoms with Gasteiger partial charge in [-0.05, 0) is 55.3 Å². The predicted octanol–water partition coefficient (Wildman–Crippen LogP) is 4.75. The highest BCUT2D eigenvalue weighted by Gasteiger charge is 2.40. The van der Waals surface area contributed by atoms with Crippen LogP contribution in [0, 0.1) is 0 Å². The zero-order chi connectivity index (χ0) is 26.2. The normalized spacial score (nSPS) is 18.1. The van der Waals surface area contributed by atoms with Crippen molar-refractivity contribution in [1.82, 2.24) is 19.9 Å². The van der Waals surface area contributed by atoms with E-state index in [0.29, 0.717) is 11.4 Å². The van der Waals surface area contributed by atoms with E-state index < -0.39 is 18.4 Å². The molecule has 0 bridgehead atoms. The van der Waals surface area contributed by atoms with Crippen LogP contribution in [0.3, 0.4) is 0 Å². The van der Waals surface area contributed by atoms with Gasteiger partial charge in [-0.25, -0.2) is 19.7 Å². The lowest BCUT2D eigenvalue weighted by atomic mass is 9.95. The van der Waals surface area contributed by atoms with Gasteiger partial charge in [-0.2, -0.15) is 13.2 Å². The Balaban J connectivity index is 1.38. The van der Waals surface area contributed by atoms with Gasteiger partial charge >= 0.3 is 18.3 Å².